The Bertz CT molecular complexity index is 312. The Morgan fingerprint density at radius 2 is 1.80 bits per heavy atom. The van der Waals surface area contributed by atoms with E-state index in [-0.39, 0.29) is 5.41 Å². The maximum absolute atomic E-state index is 9.98. The smallest absolute Gasteiger partial charge is 0.0499 e. The number of nitrogens with zero attached hydrogens (tertiary/aromatic N) is 2. The molecule has 2 heterocycles. The summed E-state index contributed by atoms with van der Waals surface area (Å²) >= 11 is 0. The topological polar surface area (TPSA) is 26.7 Å². The van der Waals surface area contributed by atoms with Crippen LogP contribution in [0.15, 0.2) is 0 Å². The van der Waals surface area contributed by atoms with Gasteiger partial charge in [0.25, 0.3) is 0 Å². The van der Waals surface area contributed by atoms with Crippen LogP contribution in [0, 0.1) is 11.3 Å². The van der Waals surface area contributed by atoms with Crippen molar-refractivity contribution in [1.29, 1.82) is 0 Å². The largest absolute Gasteiger partial charge is 0.396 e. The molecule has 2 aliphatic heterocycles. The molecule has 0 aromatic rings. The molecule has 1 atom stereocenters. The zero-order valence-corrected chi connectivity index (χ0v) is 13.2. The van der Waals surface area contributed by atoms with Gasteiger partial charge in [0.15, 0.2) is 0 Å². The van der Waals surface area contributed by atoms with E-state index < -0.39 is 0 Å². The number of hydrogen-bond donors (Lipinski definition) is 1. The van der Waals surface area contributed by atoms with E-state index >= 15 is 0 Å². The highest BCUT2D eigenvalue weighted by Gasteiger charge is 2.37. The molecule has 1 saturated carbocycles. The second-order valence-electron chi connectivity index (χ2n) is 7.76. The molecule has 20 heavy (non-hydrogen) atoms. The predicted octanol–water partition coefficient (Wildman–Crippen LogP) is 2.35. The Morgan fingerprint density at radius 3 is 2.55 bits per heavy atom. The molecule has 0 spiro atoms. The van der Waals surface area contributed by atoms with Crippen molar-refractivity contribution in [2.24, 2.45) is 11.3 Å². The van der Waals surface area contributed by atoms with E-state index in [1.54, 1.807) is 0 Å². The van der Waals surface area contributed by atoms with E-state index in [1.165, 1.54) is 71.1 Å². The second kappa shape index (κ2) is 6.33. The summed E-state index contributed by atoms with van der Waals surface area (Å²) in [4.78, 5) is 5.39. The summed E-state index contributed by atoms with van der Waals surface area (Å²) < 4.78 is 0. The van der Waals surface area contributed by atoms with Gasteiger partial charge in [-0.15, -0.1) is 0 Å². The molecule has 3 rings (SSSR count). The van der Waals surface area contributed by atoms with Crippen molar-refractivity contribution < 1.29 is 5.11 Å². The van der Waals surface area contributed by atoms with Crippen molar-refractivity contribution in [3.05, 3.63) is 0 Å². The Hall–Kier alpha value is -0.120. The highest BCUT2D eigenvalue weighted by molar-refractivity contribution is 4.91. The van der Waals surface area contributed by atoms with Crippen LogP contribution in [0.3, 0.4) is 0 Å². The van der Waals surface area contributed by atoms with Gasteiger partial charge < -0.3 is 10.0 Å². The molecule has 3 fully saturated rings. The molecule has 1 aliphatic carbocycles. The van der Waals surface area contributed by atoms with Crippen molar-refractivity contribution >= 4 is 0 Å². The molecule has 116 valence electrons. The first-order valence-corrected chi connectivity index (χ1v) is 8.78. The van der Waals surface area contributed by atoms with Gasteiger partial charge in [-0.2, -0.15) is 0 Å². The van der Waals surface area contributed by atoms with Crippen LogP contribution in [0.2, 0.25) is 0 Å². The summed E-state index contributed by atoms with van der Waals surface area (Å²) in [7, 11) is 0. The number of rotatable bonds is 3. The summed E-state index contributed by atoms with van der Waals surface area (Å²) in [6.45, 7) is 9.00. The minimum Gasteiger partial charge on any atom is -0.396 e. The molecule has 0 amide bonds. The van der Waals surface area contributed by atoms with Gasteiger partial charge in [-0.25, -0.2) is 0 Å². The molecule has 1 N–H and O–H groups in total. The van der Waals surface area contributed by atoms with Gasteiger partial charge in [0.2, 0.25) is 0 Å². The lowest BCUT2D eigenvalue weighted by Gasteiger charge is -2.42. The third kappa shape index (κ3) is 3.20. The maximum atomic E-state index is 9.98. The molecule has 0 aromatic heterocycles. The van der Waals surface area contributed by atoms with Crippen LogP contribution in [0.25, 0.3) is 0 Å². The lowest BCUT2D eigenvalue weighted by molar-refractivity contribution is 0.0275. The van der Waals surface area contributed by atoms with E-state index in [4.69, 9.17) is 0 Å². The van der Waals surface area contributed by atoms with Crippen LogP contribution >= 0.6 is 0 Å². The highest BCUT2D eigenvalue weighted by atomic mass is 16.3. The number of fused-ring (bicyclic) bond motifs is 1. The second-order valence-corrected chi connectivity index (χ2v) is 7.76. The van der Waals surface area contributed by atoms with Gasteiger partial charge in [-0.1, -0.05) is 19.8 Å². The lowest BCUT2D eigenvalue weighted by Crippen LogP contribution is -2.45. The van der Waals surface area contributed by atoms with Crippen molar-refractivity contribution in [2.75, 3.05) is 39.3 Å². The van der Waals surface area contributed by atoms with Crippen molar-refractivity contribution in [1.82, 2.24) is 9.80 Å². The summed E-state index contributed by atoms with van der Waals surface area (Å²) in [6, 6.07) is 0.802. The Balaban J connectivity index is 1.60. The van der Waals surface area contributed by atoms with Crippen LogP contribution in [0.4, 0.5) is 0 Å². The Labute approximate surface area is 124 Å². The van der Waals surface area contributed by atoms with Crippen LogP contribution in [-0.4, -0.2) is 60.3 Å². The van der Waals surface area contributed by atoms with E-state index in [0.717, 1.165) is 18.5 Å². The molecule has 3 heteroatoms. The summed E-state index contributed by atoms with van der Waals surface area (Å²) in [5, 5.41) is 9.98. The number of hydrogen-bond acceptors (Lipinski definition) is 3. The fourth-order valence-corrected chi connectivity index (χ4v) is 4.64. The molecule has 0 bridgehead atoms. The average molecular weight is 280 g/mol. The number of aliphatic hydroxyl groups is 1. The van der Waals surface area contributed by atoms with Crippen LogP contribution in [0.1, 0.15) is 51.9 Å². The quantitative estimate of drug-likeness (QED) is 0.859. The molecule has 2 saturated heterocycles. The third-order valence-electron chi connectivity index (χ3n) is 6.12. The SMILES string of the molecule is CC1CCC(CO)(CN2CCCN3CCCC3C2)CC1. The normalized spacial score (nSPS) is 40.5. The predicted molar refractivity (Wildman–Crippen MR) is 82.8 cm³/mol. The summed E-state index contributed by atoms with van der Waals surface area (Å²) in [5.41, 5.74) is 0.209. The first-order valence-electron chi connectivity index (χ1n) is 8.78. The maximum Gasteiger partial charge on any atom is 0.0499 e. The van der Waals surface area contributed by atoms with Gasteiger partial charge in [-0.3, -0.25) is 4.90 Å². The molecular formula is C17H32N2O. The van der Waals surface area contributed by atoms with Crippen molar-refractivity contribution in [2.45, 2.75) is 57.9 Å². The minimum absolute atomic E-state index is 0.209. The first kappa shape index (κ1) is 14.8. The molecule has 3 aliphatic rings. The molecule has 0 radical (unpaired) electrons. The van der Waals surface area contributed by atoms with Crippen LogP contribution in [0.5, 0.6) is 0 Å². The van der Waals surface area contributed by atoms with E-state index in [9.17, 15) is 5.11 Å². The molecule has 3 nitrogen and oxygen atoms in total. The summed E-state index contributed by atoms with van der Waals surface area (Å²) in [5.74, 6) is 0.865. The van der Waals surface area contributed by atoms with Crippen LogP contribution < -0.4 is 0 Å². The zero-order valence-electron chi connectivity index (χ0n) is 13.2. The first-order chi connectivity index (χ1) is 9.71. The Kier molecular flexibility index (Phi) is 4.68. The molecular weight excluding hydrogens is 248 g/mol. The zero-order chi connectivity index (χ0) is 14.0. The van der Waals surface area contributed by atoms with Gasteiger partial charge in [0.05, 0.1) is 0 Å². The van der Waals surface area contributed by atoms with Gasteiger partial charge >= 0.3 is 0 Å². The molecule has 1 unspecified atom stereocenters. The summed E-state index contributed by atoms with van der Waals surface area (Å²) in [6.07, 6.45) is 9.17. The van der Waals surface area contributed by atoms with E-state index in [0.29, 0.717) is 6.61 Å². The monoisotopic (exact) mass is 280 g/mol. The lowest BCUT2D eigenvalue weighted by atomic mass is 9.71. The fraction of sp³-hybridized carbons (Fsp3) is 1.00. The van der Waals surface area contributed by atoms with Gasteiger partial charge in [-0.05, 0) is 57.7 Å². The van der Waals surface area contributed by atoms with E-state index in [1.807, 2.05) is 0 Å². The molecule has 0 aromatic carbocycles. The van der Waals surface area contributed by atoms with E-state index in [2.05, 4.69) is 16.7 Å². The highest BCUT2D eigenvalue weighted by Crippen LogP contribution is 2.39. The van der Waals surface area contributed by atoms with Crippen molar-refractivity contribution in [3.8, 4) is 0 Å². The third-order valence-corrected chi connectivity index (χ3v) is 6.12. The minimum atomic E-state index is 0.209. The average Bonchev–Trinajstić information content (AvgIpc) is 2.81. The Morgan fingerprint density at radius 1 is 1.05 bits per heavy atom. The van der Waals surface area contributed by atoms with Crippen LogP contribution in [-0.2, 0) is 0 Å². The standard InChI is InChI=1S/C17H32N2O/c1-15-5-7-17(14-20,8-6-15)13-18-9-3-11-19-10-2-4-16(19)12-18/h15-16,20H,2-14H2,1H3. The van der Waals surface area contributed by atoms with Crippen molar-refractivity contribution in [3.63, 3.8) is 0 Å². The fourth-order valence-electron chi connectivity index (χ4n) is 4.64. The number of aliphatic hydroxyl groups excluding tert-OH is 1. The van der Waals surface area contributed by atoms with Gasteiger partial charge in [0.1, 0.15) is 0 Å². The van der Waals surface area contributed by atoms with Gasteiger partial charge in [0, 0.05) is 31.2 Å².